The molecule has 4 nitrogen and oxygen atoms in total. The minimum Gasteiger partial charge on any atom is -0.463 e. The highest BCUT2D eigenvalue weighted by Crippen LogP contribution is 2.21. The Morgan fingerprint density at radius 1 is 0.909 bits per heavy atom. The highest BCUT2D eigenvalue weighted by atomic mass is 16.5. The smallest absolute Gasteiger partial charge is 0.302 e. The molecule has 2 rings (SSSR count). The van der Waals surface area contributed by atoms with Crippen LogP contribution in [0, 0.1) is 0 Å². The quantitative estimate of drug-likeness (QED) is 0.556. The molecule has 2 fully saturated rings. The van der Waals surface area contributed by atoms with Crippen LogP contribution in [-0.2, 0) is 9.53 Å². The number of aliphatic imine (C=N–C) groups is 2. The van der Waals surface area contributed by atoms with Crippen LogP contribution >= 0.6 is 0 Å². The third-order valence-electron chi connectivity index (χ3n) is 4.03. The van der Waals surface area contributed by atoms with Crippen LogP contribution in [0.15, 0.2) is 9.98 Å². The van der Waals surface area contributed by atoms with E-state index in [1.807, 2.05) is 13.8 Å². The average Bonchev–Trinajstić information content (AvgIpc) is 2.49. The zero-order valence-electron chi connectivity index (χ0n) is 14.5. The van der Waals surface area contributed by atoms with E-state index in [4.69, 9.17) is 0 Å². The van der Waals surface area contributed by atoms with Gasteiger partial charge in [-0.05, 0) is 39.5 Å². The van der Waals surface area contributed by atoms with Crippen molar-refractivity contribution in [3.8, 4) is 0 Å². The molecule has 0 aromatic heterocycles. The van der Waals surface area contributed by atoms with Gasteiger partial charge in [0, 0.05) is 6.92 Å². The van der Waals surface area contributed by atoms with Crippen molar-refractivity contribution in [2.24, 2.45) is 9.98 Å². The van der Waals surface area contributed by atoms with Crippen molar-refractivity contribution >= 4 is 12.0 Å². The summed E-state index contributed by atoms with van der Waals surface area (Å²) in [6, 6.07) is 4.04. The summed E-state index contributed by atoms with van der Waals surface area (Å²) in [5, 5.41) is 0. The van der Waals surface area contributed by atoms with E-state index in [1.54, 1.807) is 0 Å². The second-order valence-corrected chi connectivity index (χ2v) is 6.60. The number of hydrogen-bond donors (Lipinski definition) is 0. The lowest BCUT2D eigenvalue weighted by atomic mass is 9.96. The van der Waals surface area contributed by atoms with E-state index in [2.05, 4.69) is 20.7 Å². The van der Waals surface area contributed by atoms with Crippen molar-refractivity contribution in [3.63, 3.8) is 0 Å². The first-order valence-corrected chi connectivity index (χ1v) is 8.90. The third-order valence-corrected chi connectivity index (χ3v) is 4.03. The summed E-state index contributed by atoms with van der Waals surface area (Å²) in [4.78, 5) is 19.0. The molecule has 0 aromatic carbocycles. The minimum atomic E-state index is -0.213. The lowest BCUT2D eigenvalue weighted by Crippen LogP contribution is -2.10. The van der Waals surface area contributed by atoms with Crippen LogP contribution in [0.2, 0.25) is 0 Å². The molecular weight excluding hydrogens is 276 g/mol. The van der Waals surface area contributed by atoms with Crippen molar-refractivity contribution in [3.05, 3.63) is 0 Å². The van der Waals surface area contributed by atoms with E-state index < -0.39 is 0 Å². The molecule has 0 N–H and O–H groups in total. The maximum atomic E-state index is 10.0. The fourth-order valence-electron chi connectivity index (χ4n) is 2.95. The van der Waals surface area contributed by atoms with Crippen LogP contribution in [0.3, 0.4) is 0 Å². The number of carbonyl (C=O) groups is 1. The molecular formula is C18H32N2O2. The molecule has 0 atom stereocenters. The molecule has 0 saturated heterocycles. The molecule has 0 heterocycles. The molecule has 4 heteroatoms. The maximum absolute atomic E-state index is 10.0. The van der Waals surface area contributed by atoms with Crippen molar-refractivity contribution in [2.75, 3.05) is 0 Å². The van der Waals surface area contributed by atoms with Crippen LogP contribution in [0.5, 0.6) is 0 Å². The van der Waals surface area contributed by atoms with E-state index in [9.17, 15) is 4.79 Å². The molecule has 2 aliphatic rings. The summed E-state index contributed by atoms with van der Waals surface area (Å²) < 4.78 is 4.61. The normalized spacial score (nSPS) is 19.6. The summed E-state index contributed by atoms with van der Waals surface area (Å²) in [5.74, 6) is -0.213. The second kappa shape index (κ2) is 11.4. The Hall–Kier alpha value is -1.15. The first-order chi connectivity index (χ1) is 10.6. The fourth-order valence-corrected chi connectivity index (χ4v) is 2.95. The van der Waals surface area contributed by atoms with Crippen LogP contribution < -0.4 is 0 Å². The first-order valence-electron chi connectivity index (χ1n) is 8.90. The number of esters is 1. The highest BCUT2D eigenvalue weighted by molar-refractivity contribution is 5.66. The molecule has 22 heavy (non-hydrogen) atoms. The Kier molecular flexibility index (Phi) is 9.81. The van der Waals surface area contributed by atoms with Gasteiger partial charge in [-0.25, -0.2) is 9.98 Å². The van der Waals surface area contributed by atoms with Crippen molar-refractivity contribution < 1.29 is 9.53 Å². The van der Waals surface area contributed by atoms with Crippen molar-refractivity contribution in [1.82, 2.24) is 0 Å². The number of nitrogens with zero attached hydrogens (tertiary/aromatic N) is 2. The molecule has 0 bridgehead atoms. The van der Waals surface area contributed by atoms with Gasteiger partial charge >= 0.3 is 5.97 Å². The van der Waals surface area contributed by atoms with E-state index in [-0.39, 0.29) is 12.1 Å². The van der Waals surface area contributed by atoms with E-state index in [0.29, 0.717) is 12.1 Å². The molecule has 0 aliphatic heterocycles. The summed E-state index contributed by atoms with van der Waals surface area (Å²) in [7, 11) is 0. The Morgan fingerprint density at radius 3 is 1.59 bits per heavy atom. The number of carbonyl (C=O) groups excluding carboxylic acids is 1. The predicted octanol–water partition coefficient (Wildman–Crippen LogP) is 4.78. The Balaban J connectivity index is 0.000000295. The van der Waals surface area contributed by atoms with Crippen LogP contribution in [0.4, 0.5) is 0 Å². The van der Waals surface area contributed by atoms with Gasteiger partial charge in [0.1, 0.15) is 0 Å². The number of ether oxygens (including phenoxy) is 1. The Bertz CT molecular complexity index is 339. The zero-order chi connectivity index (χ0) is 16.2. The van der Waals surface area contributed by atoms with Crippen molar-refractivity contribution in [1.29, 1.82) is 0 Å². The van der Waals surface area contributed by atoms with Crippen molar-refractivity contribution in [2.45, 2.75) is 103 Å². The Morgan fingerprint density at radius 2 is 1.32 bits per heavy atom. The molecule has 0 aromatic rings. The standard InChI is InChI=1S/C13H22N2.C5H10O2/c1-3-7-12(8-4-1)14-11-15-13-9-5-2-6-10-13;1-4(2)7-5(3)6/h12-13H,1-10H2;4H,1-3H3. The van der Waals surface area contributed by atoms with Gasteiger partial charge in [-0.1, -0.05) is 38.5 Å². The lowest BCUT2D eigenvalue weighted by Gasteiger charge is -2.17. The predicted molar refractivity (Wildman–Crippen MR) is 90.5 cm³/mol. The molecule has 0 spiro atoms. The molecule has 0 amide bonds. The topological polar surface area (TPSA) is 51.0 Å². The maximum Gasteiger partial charge on any atom is 0.302 e. The van der Waals surface area contributed by atoms with Crippen LogP contribution in [0.1, 0.15) is 85.0 Å². The van der Waals surface area contributed by atoms with Gasteiger partial charge in [0.25, 0.3) is 0 Å². The SMILES string of the molecule is C(=NC1CCCCC1)=NC1CCCCC1.CC(=O)OC(C)C. The van der Waals surface area contributed by atoms with Crippen LogP contribution in [0.25, 0.3) is 0 Å². The van der Waals surface area contributed by atoms with Gasteiger partial charge < -0.3 is 4.74 Å². The largest absolute Gasteiger partial charge is 0.463 e. The number of hydrogen-bond acceptors (Lipinski definition) is 4. The molecule has 2 saturated carbocycles. The van der Waals surface area contributed by atoms with E-state index in [1.165, 1.54) is 71.1 Å². The molecule has 0 radical (unpaired) electrons. The summed E-state index contributed by atoms with van der Waals surface area (Å²) >= 11 is 0. The van der Waals surface area contributed by atoms with Gasteiger partial charge in [0.15, 0.2) is 0 Å². The van der Waals surface area contributed by atoms with Gasteiger partial charge in [-0.2, -0.15) is 0 Å². The number of rotatable bonds is 3. The second-order valence-electron chi connectivity index (χ2n) is 6.60. The zero-order valence-corrected chi connectivity index (χ0v) is 14.5. The third kappa shape index (κ3) is 9.73. The summed E-state index contributed by atoms with van der Waals surface area (Å²) in [6.45, 7) is 5.04. The monoisotopic (exact) mass is 308 g/mol. The van der Waals surface area contributed by atoms with E-state index >= 15 is 0 Å². The lowest BCUT2D eigenvalue weighted by molar-refractivity contribution is -0.144. The minimum absolute atomic E-state index is 0.0255. The average molecular weight is 308 g/mol. The van der Waals surface area contributed by atoms with Crippen LogP contribution in [-0.4, -0.2) is 30.2 Å². The van der Waals surface area contributed by atoms with E-state index in [0.717, 1.165) is 0 Å². The fraction of sp³-hybridized carbons (Fsp3) is 0.889. The first kappa shape index (κ1) is 18.9. The van der Waals surface area contributed by atoms with Gasteiger partial charge in [-0.3, -0.25) is 4.79 Å². The summed E-state index contributed by atoms with van der Waals surface area (Å²) in [5.41, 5.74) is 0. The van der Waals surface area contributed by atoms with Gasteiger partial charge in [0.05, 0.1) is 24.2 Å². The Labute approximate surface area is 135 Å². The molecule has 2 aliphatic carbocycles. The summed E-state index contributed by atoms with van der Waals surface area (Å²) in [6.07, 6.45) is 13.2. The molecule has 126 valence electrons. The van der Waals surface area contributed by atoms with Gasteiger partial charge in [0.2, 0.25) is 0 Å². The van der Waals surface area contributed by atoms with Gasteiger partial charge in [-0.15, -0.1) is 0 Å². The highest BCUT2D eigenvalue weighted by Gasteiger charge is 2.12. The molecule has 0 unspecified atom stereocenters.